The Hall–Kier alpha value is -0.560. The Morgan fingerprint density at radius 3 is 2.43 bits per heavy atom. The molecule has 0 amide bonds. The fraction of sp³-hybridized carbons (Fsp3) is 0. The van der Waals surface area contributed by atoms with Crippen molar-refractivity contribution in [3.63, 3.8) is 0 Å². The highest BCUT2D eigenvalue weighted by atomic mass is 32.1. The van der Waals surface area contributed by atoms with E-state index >= 15 is 0 Å². The minimum atomic E-state index is 1.06. The molecule has 0 unspecified atom stereocenters. The molecule has 1 aromatic rings. The Morgan fingerprint density at radius 1 is 1.57 bits per heavy atom. The van der Waals surface area contributed by atoms with Crippen molar-refractivity contribution in [1.29, 1.82) is 0 Å². The molecule has 0 aromatic carbocycles. The van der Waals surface area contributed by atoms with E-state index in [1.807, 2.05) is 11.4 Å². The first-order valence-corrected chi connectivity index (χ1v) is 2.89. The SMILES string of the molecule is C=c1c[s+]c(=C)[cH-]1. The summed E-state index contributed by atoms with van der Waals surface area (Å²) in [5.74, 6) is 0. The quantitative estimate of drug-likeness (QED) is 0.338. The molecule has 0 aliphatic heterocycles. The lowest BCUT2D eigenvalue weighted by molar-refractivity contribution is 1.81. The van der Waals surface area contributed by atoms with Gasteiger partial charge in [0.05, 0.1) is 0 Å². The van der Waals surface area contributed by atoms with Gasteiger partial charge in [-0.3, -0.25) is 0 Å². The standard InChI is InChI=1S/C6H6S/c1-5-3-6(2)7-4-5/h3-4H,1-2H2. The van der Waals surface area contributed by atoms with E-state index < -0.39 is 0 Å². The maximum Gasteiger partial charge on any atom is 0.148 e. The summed E-state index contributed by atoms with van der Waals surface area (Å²) in [6, 6.07) is 1.96. The molecule has 0 saturated heterocycles. The minimum Gasteiger partial charge on any atom is -0.166 e. The minimum absolute atomic E-state index is 1.06. The van der Waals surface area contributed by atoms with E-state index in [0.717, 1.165) is 9.75 Å². The third-order valence-electron chi connectivity index (χ3n) is 0.708. The van der Waals surface area contributed by atoms with E-state index in [4.69, 9.17) is 0 Å². The van der Waals surface area contributed by atoms with Crippen LogP contribution in [0.15, 0.2) is 11.4 Å². The number of thiophene rings is 1. The zero-order chi connectivity index (χ0) is 5.28. The van der Waals surface area contributed by atoms with E-state index in [1.165, 1.54) is 0 Å². The van der Waals surface area contributed by atoms with Gasteiger partial charge >= 0.3 is 0 Å². The fourth-order valence-corrected chi connectivity index (χ4v) is 1.02. The molecule has 36 valence electrons. The third-order valence-corrected chi connectivity index (χ3v) is 1.55. The lowest BCUT2D eigenvalue weighted by atomic mass is 10.5. The highest BCUT2D eigenvalue weighted by molar-refractivity contribution is 7.07. The molecule has 1 heteroatoms. The van der Waals surface area contributed by atoms with Gasteiger partial charge in [0.1, 0.15) is 21.2 Å². The van der Waals surface area contributed by atoms with Crippen LogP contribution in [0.1, 0.15) is 0 Å². The van der Waals surface area contributed by atoms with Crippen molar-refractivity contribution in [2.45, 2.75) is 0 Å². The third kappa shape index (κ3) is 0.904. The van der Waals surface area contributed by atoms with Crippen LogP contribution in [0.5, 0.6) is 0 Å². The molecule has 0 bridgehead atoms. The second kappa shape index (κ2) is 1.51. The van der Waals surface area contributed by atoms with Crippen LogP contribution < -0.4 is 9.75 Å². The van der Waals surface area contributed by atoms with Crippen molar-refractivity contribution in [2.75, 3.05) is 0 Å². The van der Waals surface area contributed by atoms with E-state index in [0.29, 0.717) is 0 Å². The molecule has 0 radical (unpaired) electrons. The monoisotopic (exact) mass is 110 g/mol. The molecule has 0 spiro atoms. The van der Waals surface area contributed by atoms with Crippen molar-refractivity contribution in [1.82, 2.24) is 0 Å². The van der Waals surface area contributed by atoms with Gasteiger partial charge in [-0.25, -0.2) is 0 Å². The van der Waals surface area contributed by atoms with Gasteiger partial charge in [0.2, 0.25) is 0 Å². The highest BCUT2D eigenvalue weighted by Gasteiger charge is 1.80. The normalized spacial score (nSPS) is 9.14. The Kier molecular flexibility index (Phi) is 0.988. The molecule has 0 fully saturated rings. The van der Waals surface area contributed by atoms with Gasteiger partial charge < -0.3 is 0 Å². The average molecular weight is 110 g/mol. The Labute approximate surface area is 46.4 Å². The largest absolute Gasteiger partial charge is 0.166 e. The Bertz CT molecular complexity index is 208. The number of rotatable bonds is 0. The summed E-state index contributed by atoms with van der Waals surface area (Å²) in [5.41, 5.74) is 0. The molecule has 0 aliphatic rings. The summed E-state index contributed by atoms with van der Waals surface area (Å²) in [6.07, 6.45) is 0. The van der Waals surface area contributed by atoms with Gasteiger partial charge in [-0.2, -0.15) is 6.58 Å². The first kappa shape index (κ1) is 4.60. The topological polar surface area (TPSA) is 0 Å². The average Bonchev–Trinajstić information content (AvgIpc) is 1.87. The van der Waals surface area contributed by atoms with Crippen molar-refractivity contribution in [2.24, 2.45) is 0 Å². The van der Waals surface area contributed by atoms with Crippen LogP contribution >= 0.6 is 11.3 Å². The van der Waals surface area contributed by atoms with E-state index in [-0.39, 0.29) is 0 Å². The predicted molar refractivity (Wildman–Crippen MR) is 34.6 cm³/mol. The molecule has 0 atom stereocenters. The Morgan fingerprint density at radius 2 is 2.29 bits per heavy atom. The molecular formula is C6H6S. The molecule has 1 rings (SSSR count). The van der Waals surface area contributed by atoms with Gasteiger partial charge in [0.25, 0.3) is 0 Å². The van der Waals surface area contributed by atoms with E-state index in [9.17, 15) is 0 Å². The summed E-state index contributed by atoms with van der Waals surface area (Å²) in [5, 5.41) is 3.05. The van der Waals surface area contributed by atoms with Crippen LogP contribution in [0.2, 0.25) is 0 Å². The van der Waals surface area contributed by atoms with Crippen LogP contribution in [0.3, 0.4) is 0 Å². The summed E-state index contributed by atoms with van der Waals surface area (Å²) < 4.78 is 1.09. The van der Waals surface area contributed by atoms with E-state index in [2.05, 4.69) is 13.2 Å². The lowest BCUT2D eigenvalue weighted by Crippen LogP contribution is -1.91. The summed E-state index contributed by atoms with van der Waals surface area (Å²) in [6.45, 7) is 7.43. The van der Waals surface area contributed by atoms with Crippen molar-refractivity contribution in [3.8, 4) is 0 Å². The molecule has 1 heterocycles. The van der Waals surface area contributed by atoms with Crippen molar-refractivity contribution in [3.05, 3.63) is 21.2 Å². The zero-order valence-electron chi connectivity index (χ0n) is 3.98. The molecule has 0 N–H and O–H groups in total. The van der Waals surface area contributed by atoms with Crippen molar-refractivity contribution >= 4 is 24.5 Å². The van der Waals surface area contributed by atoms with Crippen LogP contribution in [-0.4, -0.2) is 0 Å². The lowest BCUT2D eigenvalue weighted by Gasteiger charge is -1.54. The molecule has 7 heavy (non-hydrogen) atoms. The second-order valence-corrected chi connectivity index (χ2v) is 2.42. The molecule has 0 nitrogen and oxygen atoms in total. The second-order valence-electron chi connectivity index (χ2n) is 1.42. The summed E-state index contributed by atoms with van der Waals surface area (Å²) in [7, 11) is 0. The van der Waals surface area contributed by atoms with Crippen LogP contribution in [0, 0.1) is 0 Å². The molecule has 1 aromatic heterocycles. The maximum absolute atomic E-state index is 3.72. The van der Waals surface area contributed by atoms with Gasteiger partial charge in [-0.05, 0) is 0 Å². The number of hydrogen-bond acceptors (Lipinski definition) is 0. The zero-order valence-corrected chi connectivity index (χ0v) is 4.79. The Balaban J connectivity index is 3.59. The molecular weight excluding hydrogens is 104 g/mol. The molecule has 0 aliphatic carbocycles. The first-order valence-electron chi connectivity index (χ1n) is 2.01. The van der Waals surface area contributed by atoms with Gasteiger partial charge in [-0.15, -0.1) is 6.58 Å². The van der Waals surface area contributed by atoms with E-state index in [1.54, 1.807) is 11.3 Å². The number of hydrogen-bond donors (Lipinski definition) is 0. The fourth-order valence-electron chi connectivity index (χ4n) is 0.426. The highest BCUT2D eigenvalue weighted by Crippen LogP contribution is 1.73. The van der Waals surface area contributed by atoms with Crippen LogP contribution in [0.4, 0.5) is 0 Å². The van der Waals surface area contributed by atoms with Gasteiger partial charge in [-0.1, -0.05) is 11.3 Å². The van der Waals surface area contributed by atoms with Gasteiger partial charge in [0.15, 0.2) is 0 Å². The van der Waals surface area contributed by atoms with Gasteiger partial charge in [0, 0.05) is 0 Å². The summed E-state index contributed by atoms with van der Waals surface area (Å²) >= 11 is 1.63. The predicted octanol–water partition coefficient (Wildman–Crippen LogP) is 0.569. The molecule has 0 saturated carbocycles. The van der Waals surface area contributed by atoms with Crippen LogP contribution in [0.25, 0.3) is 13.2 Å². The first-order chi connectivity index (χ1) is 3.29. The van der Waals surface area contributed by atoms with Crippen molar-refractivity contribution < 1.29 is 0 Å². The summed E-state index contributed by atoms with van der Waals surface area (Å²) in [4.78, 5) is 0. The maximum atomic E-state index is 3.72. The van der Waals surface area contributed by atoms with Crippen LogP contribution in [-0.2, 0) is 0 Å². The smallest absolute Gasteiger partial charge is 0.148 e.